The van der Waals surface area contributed by atoms with Crippen molar-refractivity contribution in [1.82, 2.24) is 10.2 Å². The molecule has 0 radical (unpaired) electrons. The number of urea groups is 1. The summed E-state index contributed by atoms with van der Waals surface area (Å²) in [7, 11) is 0. The van der Waals surface area contributed by atoms with Crippen molar-refractivity contribution in [3.63, 3.8) is 0 Å². The van der Waals surface area contributed by atoms with Gasteiger partial charge in [0.25, 0.3) is 0 Å². The fourth-order valence-corrected chi connectivity index (χ4v) is 2.66. The minimum Gasteiger partial charge on any atom is -0.481 e. The molecule has 1 fully saturated rings. The van der Waals surface area contributed by atoms with Crippen LogP contribution in [0.3, 0.4) is 0 Å². The summed E-state index contributed by atoms with van der Waals surface area (Å²) in [6, 6.07) is 0.0193. The Bertz CT molecular complexity index is 338. The Morgan fingerprint density at radius 1 is 1.30 bits per heavy atom. The molecule has 5 nitrogen and oxygen atoms in total. The van der Waals surface area contributed by atoms with Crippen molar-refractivity contribution in [3.05, 3.63) is 0 Å². The first-order valence-corrected chi connectivity index (χ1v) is 7.71. The van der Waals surface area contributed by atoms with Gasteiger partial charge in [-0.3, -0.25) is 4.79 Å². The van der Waals surface area contributed by atoms with Crippen LogP contribution in [-0.2, 0) is 4.79 Å². The molecule has 116 valence electrons. The zero-order valence-electron chi connectivity index (χ0n) is 12.9. The van der Waals surface area contributed by atoms with Gasteiger partial charge in [-0.2, -0.15) is 0 Å². The number of hydrogen-bond donors (Lipinski definition) is 2. The first-order chi connectivity index (χ1) is 9.40. The van der Waals surface area contributed by atoms with E-state index in [0.29, 0.717) is 0 Å². The average Bonchev–Trinajstić information content (AvgIpc) is 2.30. The van der Waals surface area contributed by atoms with E-state index < -0.39 is 11.5 Å². The third-order valence-electron chi connectivity index (χ3n) is 4.06. The number of hydrogen-bond acceptors (Lipinski definition) is 2. The maximum Gasteiger partial charge on any atom is 0.318 e. The van der Waals surface area contributed by atoms with Crippen LogP contribution in [0.25, 0.3) is 0 Å². The lowest BCUT2D eigenvalue weighted by Crippen LogP contribution is -2.59. The van der Waals surface area contributed by atoms with Gasteiger partial charge in [0.05, 0.1) is 12.0 Å². The summed E-state index contributed by atoms with van der Waals surface area (Å²) in [6.07, 6.45) is 5.78. The Morgan fingerprint density at radius 3 is 2.35 bits per heavy atom. The number of aliphatic carboxylic acids is 1. The summed E-state index contributed by atoms with van der Waals surface area (Å²) in [6.45, 7) is 6.86. The number of carbonyl (C=O) groups excluding carboxylic acids is 1. The van der Waals surface area contributed by atoms with Crippen LogP contribution >= 0.6 is 0 Å². The summed E-state index contributed by atoms with van der Waals surface area (Å²) in [5.41, 5.74) is -0.513. The van der Waals surface area contributed by atoms with E-state index in [2.05, 4.69) is 12.2 Å². The van der Waals surface area contributed by atoms with Crippen LogP contribution in [0.1, 0.15) is 65.7 Å². The fourth-order valence-electron chi connectivity index (χ4n) is 2.66. The molecule has 0 aromatic carbocycles. The van der Waals surface area contributed by atoms with E-state index in [1.54, 1.807) is 0 Å². The standard InChI is InChI=1S/C15H28N2O3/c1-4-5-6-10-17(12(2)3)14(20)16-15(8-7-9-15)11-13(18)19/h12H,4-11H2,1-3H3,(H,16,20)(H,18,19). The molecule has 0 saturated heterocycles. The minimum atomic E-state index is -0.841. The van der Waals surface area contributed by atoms with Crippen LogP contribution in [0.2, 0.25) is 0 Å². The predicted octanol–water partition coefficient (Wildman–Crippen LogP) is 2.99. The Kier molecular flexibility index (Phi) is 6.30. The lowest BCUT2D eigenvalue weighted by atomic mass is 9.74. The summed E-state index contributed by atoms with van der Waals surface area (Å²) >= 11 is 0. The first kappa shape index (κ1) is 16.8. The van der Waals surface area contributed by atoms with Crippen LogP contribution in [0.4, 0.5) is 4.79 Å². The van der Waals surface area contributed by atoms with E-state index >= 15 is 0 Å². The lowest BCUT2D eigenvalue weighted by molar-refractivity contribution is -0.139. The van der Waals surface area contributed by atoms with Crippen molar-refractivity contribution in [2.75, 3.05) is 6.54 Å². The summed E-state index contributed by atoms with van der Waals surface area (Å²) in [5, 5.41) is 12.0. The molecule has 0 aromatic heterocycles. The zero-order valence-corrected chi connectivity index (χ0v) is 12.9. The highest BCUT2D eigenvalue weighted by molar-refractivity contribution is 5.77. The fraction of sp³-hybridized carbons (Fsp3) is 0.867. The van der Waals surface area contributed by atoms with Crippen molar-refractivity contribution in [1.29, 1.82) is 0 Å². The van der Waals surface area contributed by atoms with Gasteiger partial charge in [0.1, 0.15) is 0 Å². The number of amides is 2. The van der Waals surface area contributed by atoms with E-state index in [-0.39, 0.29) is 18.5 Å². The van der Waals surface area contributed by atoms with Crippen molar-refractivity contribution in [2.24, 2.45) is 0 Å². The molecular weight excluding hydrogens is 256 g/mol. The monoisotopic (exact) mass is 284 g/mol. The summed E-state index contributed by atoms with van der Waals surface area (Å²) in [4.78, 5) is 25.1. The van der Waals surface area contributed by atoms with Gasteiger partial charge in [0, 0.05) is 12.6 Å². The Morgan fingerprint density at radius 2 is 1.95 bits per heavy atom. The molecule has 0 aliphatic heterocycles. The lowest BCUT2D eigenvalue weighted by Gasteiger charge is -2.43. The highest BCUT2D eigenvalue weighted by Crippen LogP contribution is 2.35. The molecule has 0 aromatic rings. The second-order valence-corrected chi connectivity index (χ2v) is 6.13. The van der Waals surface area contributed by atoms with Crippen molar-refractivity contribution in [3.8, 4) is 0 Å². The van der Waals surface area contributed by atoms with E-state index in [4.69, 9.17) is 5.11 Å². The highest BCUT2D eigenvalue weighted by Gasteiger charge is 2.41. The molecule has 0 bridgehead atoms. The Hall–Kier alpha value is -1.26. The van der Waals surface area contributed by atoms with Crippen LogP contribution < -0.4 is 5.32 Å². The molecule has 1 aliphatic carbocycles. The molecule has 2 amide bonds. The summed E-state index contributed by atoms with van der Waals surface area (Å²) < 4.78 is 0. The molecular formula is C15H28N2O3. The highest BCUT2D eigenvalue weighted by atomic mass is 16.4. The number of rotatable bonds is 8. The van der Waals surface area contributed by atoms with E-state index in [1.165, 1.54) is 0 Å². The van der Waals surface area contributed by atoms with Crippen molar-refractivity contribution >= 4 is 12.0 Å². The number of carboxylic acids is 1. The number of carboxylic acid groups (broad SMARTS) is 1. The van der Waals surface area contributed by atoms with E-state index in [1.807, 2.05) is 18.7 Å². The van der Waals surface area contributed by atoms with Gasteiger partial charge in [0.2, 0.25) is 0 Å². The number of carbonyl (C=O) groups is 2. The van der Waals surface area contributed by atoms with Gasteiger partial charge in [-0.05, 0) is 39.5 Å². The normalized spacial score (nSPS) is 16.6. The van der Waals surface area contributed by atoms with E-state index in [0.717, 1.165) is 45.1 Å². The molecule has 2 N–H and O–H groups in total. The van der Waals surface area contributed by atoms with Gasteiger partial charge in [-0.1, -0.05) is 19.8 Å². The summed E-state index contributed by atoms with van der Waals surface area (Å²) in [5.74, 6) is -0.841. The average molecular weight is 284 g/mol. The van der Waals surface area contributed by atoms with Crippen molar-refractivity contribution in [2.45, 2.75) is 77.3 Å². The topological polar surface area (TPSA) is 69.6 Å². The van der Waals surface area contributed by atoms with Gasteiger partial charge in [-0.15, -0.1) is 0 Å². The number of nitrogens with one attached hydrogen (secondary N) is 1. The molecule has 1 aliphatic rings. The number of nitrogens with zero attached hydrogens (tertiary/aromatic N) is 1. The van der Waals surface area contributed by atoms with Gasteiger partial charge in [-0.25, -0.2) is 4.79 Å². The van der Waals surface area contributed by atoms with Crippen LogP contribution in [0, 0.1) is 0 Å². The van der Waals surface area contributed by atoms with Crippen LogP contribution in [0.15, 0.2) is 0 Å². The van der Waals surface area contributed by atoms with Gasteiger partial charge in [0.15, 0.2) is 0 Å². The Labute approximate surface area is 121 Å². The van der Waals surface area contributed by atoms with Gasteiger partial charge >= 0.3 is 12.0 Å². The SMILES string of the molecule is CCCCCN(C(=O)NC1(CC(=O)O)CCC1)C(C)C. The molecule has 1 rings (SSSR count). The molecule has 0 atom stereocenters. The molecule has 0 unspecified atom stereocenters. The predicted molar refractivity (Wildman–Crippen MR) is 78.7 cm³/mol. The Balaban J connectivity index is 2.58. The maximum atomic E-state index is 12.4. The molecule has 0 heterocycles. The molecule has 5 heteroatoms. The first-order valence-electron chi connectivity index (χ1n) is 7.71. The molecule has 1 saturated carbocycles. The third kappa shape index (κ3) is 4.69. The molecule has 0 spiro atoms. The van der Waals surface area contributed by atoms with Crippen LogP contribution in [0.5, 0.6) is 0 Å². The second kappa shape index (κ2) is 7.50. The zero-order chi connectivity index (χ0) is 15.2. The second-order valence-electron chi connectivity index (χ2n) is 6.13. The van der Waals surface area contributed by atoms with Gasteiger partial charge < -0.3 is 15.3 Å². The number of unbranched alkanes of at least 4 members (excludes halogenated alkanes) is 2. The maximum absolute atomic E-state index is 12.4. The third-order valence-corrected chi connectivity index (χ3v) is 4.06. The van der Waals surface area contributed by atoms with E-state index in [9.17, 15) is 9.59 Å². The largest absolute Gasteiger partial charge is 0.481 e. The smallest absolute Gasteiger partial charge is 0.318 e. The minimum absolute atomic E-state index is 0.0274. The molecule has 20 heavy (non-hydrogen) atoms. The van der Waals surface area contributed by atoms with Crippen molar-refractivity contribution < 1.29 is 14.7 Å². The van der Waals surface area contributed by atoms with Crippen LogP contribution in [-0.4, -0.2) is 40.1 Å². The quantitative estimate of drug-likeness (QED) is 0.673.